The van der Waals surface area contributed by atoms with Crippen LogP contribution in [0.4, 0.5) is 5.82 Å². The van der Waals surface area contributed by atoms with Crippen molar-refractivity contribution in [3.63, 3.8) is 0 Å². The molecule has 0 aliphatic carbocycles. The first-order chi connectivity index (χ1) is 9.07. The van der Waals surface area contributed by atoms with Gasteiger partial charge in [-0.05, 0) is 38.7 Å². The summed E-state index contributed by atoms with van der Waals surface area (Å²) in [4.78, 5) is 11.2. The van der Waals surface area contributed by atoms with Crippen LogP contribution >= 0.6 is 0 Å². The molecule has 19 heavy (non-hydrogen) atoms. The molecule has 1 aromatic heterocycles. The van der Waals surface area contributed by atoms with Crippen molar-refractivity contribution in [1.82, 2.24) is 10.2 Å². The maximum Gasteiger partial charge on any atom is 0.339 e. The molecule has 0 fully saturated rings. The summed E-state index contributed by atoms with van der Waals surface area (Å²) in [6.45, 7) is 4.94. The van der Waals surface area contributed by atoms with Gasteiger partial charge in [-0.2, -0.15) is 5.10 Å². The Morgan fingerprint density at radius 1 is 1.26 bits per heavy atom. The first-order valence-electron chi connectivity index (χ1n) is 6.38. The molecule has 106 valence electrons. The number of methoxy groups -OCH3 is 1. The average Bonchev–Trinajstić information content (AvgIpc) is 2.37. The van der Waals surface area contributed by atoms with Crippen LogP contribution in [0.5, 0.6) is 0 Å². The van der Waals surface area contributed by atoms with Crippen LogP contribution in [0, 0.1) is 13.8 Å². The molecule has 0 amide bonds. The highest BCUT2D eigenvalue weighted by molar-refractivity contribution is 5.94. The summed E-state index contributed by atoms with van der Waals surface area (Å²) in [6, 6.07) is 0. The summed E-state index contributed by atoms with van der Waals surface area (Å²) >= 11 is 0. The number of carboxylic acid groups (broad SMARTS) is 1. The minimum atomic E-state index is -0.975. The first kappa shape index (κ1) is 15.4. The van der Waals surface area contributed by atoms with Gasteiger partial charge in [0.2, 0.25) is 0 Å². The van der Waals surface area contributed by atoms with E-state index in [9.17, 15) is 9.90 Å². The van der Waals surface area contributed by atoms with Crippen molar-refractivity contribution in [2.24, 2.45) is 0 Å². The first-order valence-corrected chi connectivity index (χ1v) is 6.38. The van der Waals surface area contributed by atoms with E-state index in [0.717, 1.165) is 25.9 Å². The number of carbonyl (C=O) groups is 1. The fourth-order valence-electron chi connectivity index (χ4n) is 1.75. The monoisotopic (exact) mass is 267 g/mol. The van der Waals surface area contributed by atoms with Crippen molar-refractivity contribution >= 4 is 11.8 Å². The summed E-state index contributed by atoms with van der Waals surface area (Å²) in [5.41, 5.74) is 1.51. The van der Waals surface area contributed by atoms with E-state index in [0.29, 0.717) is 23.6 Å². The predicted molar refractivity (Wildman–Crippen MR) is 72.7 cm³/mol. The number of anilines is 1. The third kappa shape index (κ3) is 4.48. The van der Waals surface area contributed by atoms with Crippen molar-refractivity contribution in [2.75, 3.05) is 25.6 Å². The van der Waals surface area contributed by atoms with Gasteiger partial charge in [0.05, 0.1) is 5.69 Å². The van der Waals surface area contributed by atoms with Gasteiger partial charge >= 0.3 is 5.97 Å². The molecule has 0 saturated carbocycles. The minimum absolute atomic E-state index is 0.212. The van der Waals surface area contributed by atoms with E-state index in [1.807, 2.05) is 0 Å². The van der Waals surface area contributed by atoms with Gasteiger partial charge < -0.3 is 15.2 Å². The minimum Gasteiger partial charge on any atom is -0.478 e. The number of nitrogens with zero attached hydrogens (tertiary/aromatic N) is 2. The Bertz CT molecular complexity index is 435. The van der Waals surface area contributed by atoms with E-state index in [-0.39, 0.29) is 5.56 Å². The van der Waals surface area contributed by atoms with E-state index < -0.39 is 5.97 Å². The van der Waals surface area contributed by atoms with Crippen LogP contribution in [0.15, 0.2) is 0 Å². The number of ether oxygens (including phenoxy) is 1. The summed E-state index contributed by atoms with van der Waals surface area (Å²) in [5.74, 6) is -0.625. The topological polar surface area (TPSA) is 84.3 Å². The molecule has 0 aliphatic heterocycles. The molecule has 1 aromatic rings. The molecule has 0 aliphatic rings. The molecule has 6 heteroatoms. The number of unbranched alkanes of at least 4 members (excludes halogenated alkanes) is 2. The Morgan fingerprint density at radius 2 is 2.00 bits per heavy atom. The van der Waals surface area contributed by atoms with Crippen LogP contribution in [-0.2, 0) is 4.74 Å². The lowest BCUT2D eigenvalue weighted by molar-refractivity contribution is 0.0696. The molecule has 0 aromatic carbocycles. The molecular formula is C13H21N3O3. The molecule has 0 saturated heterocycles. The SMILES string of the molecule is COCCCCCNc1nnc(C)c(C)c1C(=O)O. The van der Waals surface area contributed by atoms with Gasteiger partial charge in [0.1, 0.15) is 5.56 Å². The largest absolute Gasteiger partial charge is 0.478 e. The Morgan fingerprint density at radius 3 is 2.63 bits per heavy atom. The molecule has 0 unspecified atom stereocenters. The number of hydrogen-bond donors (Lipinski definition) is 2. The highest BCUT2D eigenvalue weighted by atomic mass is 16.5. The van der Waals surface area contributed by atoms with Crippen LogP contribution in [0.2, 0.25) is 0 Å². The number of carboxylic acids is 1. The van der Waals surface area contributed by atoms with Crippen LogP contribution in [0.1, 0.15) is 40.9 Å². The second kappa shape index (κ2) is 7.68. The zero-order chi connectivity index (χ0) is 14.3. The lowest BCUT2D eigenvalue weighted by Crippen LogP contribution is -2.13. The van der Waals surface area contributed by atoms with Gasteiger partial charge in [-0.25, -0.2) is 4.79 Å². The number of aryl methyl sites for hydroxylation is 1. The zero-order valence-corrected chi connectivity index (χ0v) is 11.7. The second-order valence-corrected chi connectivity index (χ2v) is 4.42. The van der Waals surface area contributed by atoms with Crippen LogP contribution < -0.4 is 5.32 Å². The molecule has 0 spiro atoms. The van der Waals surface area contributed by atoms with E-state index in [1.165, 1.54) is 0 Å². The van der Waals surface area contributed by atoms with Crippen LogP contribution in [0.25, 0.3) is 0 Å². The normalized spacial score (nSPS) is 10.5. The van der Waals surface area contributed by atoms with E-state index in [1.54, 1.807) is 21.0 Å². The van der Waals surface area contributed by atoms with Crippen molar-refractivity contribution in [3.8, 4) is 0 Å². The third-order valence-electron chi connectivity index (χ3n) is 2.99. The maximum absolute atomic E-state index is 11.2. The lowest BCUT2D eigenvalue weighted by atomic mass is 10.1. The van der Waals surface area contributed by atoms with Gasteiger partial charge in [-0.1, -0.05) is 0 Å². The molecular weight excluding hydrogens is 246 g/mol. The van der Waals surface area contributed by atoms with Gasteiger partial charge in [0, 0.05) is 20.3 Å². The third-order valence-corrected chi connectivity index (χ3v) is 2.99. The summed E-state index contributed by atoms with van der Waals surface area (Å²) in [5, 5.41) is 20.1. The summed E-state index contributed by atoms with van der Waals surface area (Å²) < 4.78 is 4.97. The number of hydrogen-bond acceptors (Lipinski definition) is 5. The predicted octanol–water partition coefficient (Wildman–Crippen LogP) is 2.02. The molecule has 1 rings (SSSR count). The van der Waals surface area contributed by atoms with E-state index in [4.69, 9.17) is 4.74 Å². The quantitative estimate of drug-likeness (QED) is 0.701. The number of aromatic nitrogens is 2. The Hall–Kier alpha value is -1.69. The lowest BCUT2D eigenvalue weighted by Gasteiger charge is -2.11. The van der Waals surface area contributed by atoms with Gasteiger partial charge in [0.25, 0.3) is 0 Å². The smallest absolute Gasteiger partial charge is 0.339 e. The Labute approximate surface area is 113 Å². The fraction of sp³-hybridized carbons (Fsp3) is 0.615. The summed E-state index contributed by atoms with van der Waals surface area (Å²) in [7, 11) is 1.68. The molecule has 0 atom stereocenters. The van der Waals surface area contributed by atoms with Crippen molar-refractivity contribution in [2.45, 2.75) is 33.1 Å². The van der Waals surface area contributed by atoms with Crippen molar-refractivity contribution < 1.29 is 14.6 Å². The van der Waals surface area contributed by atoms with Gasteiger partial charge in [-0.3, -0.25) is 0 Å². The summed E-state index contributed by atoms with van der Waals surface area (Å²) in [6.07, 6.45) is 2.97. The molecule has 0 bridgehead atoms. The van der Waals surface area contributed by atoms with Crippen molar-refractivity contribution in [1.29, 1.82) is 0 Å². The zero-order valence-electron chi connectivity index (χ0n) is 11.7. The van der Waals surface area contributed by atoms with Crippen molar-refractivity contribution in [3.05, 3.63) is 16.8 Å². The second-order valence-electron chi connectivity index (χ2n) is 4.42. The standard InChI is InChI=1S/C13H21N3O3/c1-9-10(2)15-16-12(11(9)13(17)18)14-7-5-4-6-8-19-3/h4-8H2,1-3H3,(H,14,16)(H,17,18). The Balaban J connectivity index is 2.58. The van der Waals surface area contributed by atoms with Crippen LogP contribution in [-0.4, -0.2) is 41.5 Å². The number of nitrogens with one attached hydrogen (secondary N) is 1. The molecule has 6 nitrogen and oxygen atoms in total. The maximum atomic E-state index is 11.2. The van der Waals surface area contributed by atoms with Gasteiger partial charge in [-0.15, -0.1) is 5.10 Å². The van der Waals surface area contributed by atoms with Crippen LogP contribution in [0.3, 0.4) is 0 Å². The Kier molecular flexibility index (Phi) is 6.21. The molecule has 0 radical (unpaired) electrons. The molecule has 2 N–H and O–H groups in total. The highest BCUT2D eigenvalue weighted by Gasteiger charge is 2.17. The fourth-order valence-corrected chi connectivity index (χ4v) is 1.75. The average molecular weight is 267 g/mol. The number of rotatable bonds is 8. The van der Waals surface area contributed by atoms with E-state index in [2.05, 4.69) is 15.5 Å². The highest BCUT2D eigenvalue weighted by Crippen LogP contribution is 2.18. The number of aromatic carboxylic acids is 1. The molecule has 1 heterocycles. The van der Waals surface area contributed by atoms with Gasteiger partial charge in [0.15, 0.2) is 5.82 Å². The van der Waals surface area contributed by atoms with E-state index >= 15 is 0 Å².